The minimum atomic E-state index is 0.576. The molecule has 0 bridgehead atoms. The number of aryl methyl sites for hydroxylation is 2. The van der Waals surface area contributed by atoms with E-state index in [4.69, 9.17) is 4.98 Å². The molecular formula is C15H15BrN2. The summed E-state index contributed by atoms with van der Waals surface area (Å²) >= 11 is 3.49. The molecule has 1 saturated carbocycles. The van der Waals surface area contributed by atoms with Crippen LogP contribution in [-0.4, -0.2) is 9.97 Å². The van der Waals surface area contributed by atoms with Gasteiger partial charge in [-0.1, -0.05) is 17.2 Å². The molecule has 0 spiro atoms. The summed E-state index contributed by atoms with van der Waals surface area (Å²) in [6, 6.07) is 8.54. The molecule has 18 heavy (non-hydrogen) atoms. The summed E-state index contributed by atoms with van der Waals surface area (Å²) in [6.07, 6.45) is 2.45. The van der Waals surface area contributed by atoms with Crippen LogP contribution in [0, 0.1) is 13.8 Å². The molecule has 92 valence electrons. The number of benzene rings is 1. The first kappa shape index (κ1) is 11.8. The first-order chi connectivity index (χ1) is 8.61. The number of nitrogens with zero attached hydrogens (tertiary/aromatic N) is 2. The molecule has 3 rings (SSSR count). The van der Waals surface area contributed by atoms with Crippen LogP contribution in [0.2, 0.25) is 0 Å². The van der Waals surface area contributed by atoms with E-state index in [1.54, 1.807) is 0 Å². The van der Waals surface area contributed by atoms with E-state index in [9.17, 15) is 0 Å². The molecule has 1 aliphatic rings. The third-order valence-corrected chi connectivity index (χ3v) is 3.58. The fourth-order valence-corrected chi connectivity index (χ4v) is 2.63. The van der Waals surface area contributed by atoms with Gasteiger partial charge in [-0.2, -0.15) is 0 Å². The quantitative estimate of drug-likeness (QED) is 0.768. The normalized spacial score (nSPS) is 14.8. The van der Waals surface area contributed by atoms with Crippen molar-refractivity contribution in [3.63, 3.8) is 0 Å². The monoisotopic (exact) mass is 302 g/mol. The standard InChI is InChI=1S/C15H15BrN2/c1-9-5-10(2)7-12(6-9)13-8-14(16)18-15(17-13)11-3-4-11/h5-8,11H,3-4H2,1-2H3. The fraction of sp³-hybridized carbons (Fsp3) is 0.333. The van der Waals surface area contributed by atoms with Gasteiger partial charge in [0, 0.05) is 11.5 Å². The molecule has 0 radical (unpaired) electrons. The molecule has 0 N–H and O–H groups in total. The molecule has 2 aromatic rings. The van der Waals surface area contributed by atoms with Crippen molar-refractivity contribution in [1.29, 1.82) is 0 Å². The Kier molecular flexibility index (Phi) is 2.94. The molecule has 0 unspecified atom stereocenters. The van der Waals surface area contributed by atoms with Crippen molar-refractivity contribution < 1.29 is 0 Å². The molecule has 3 heteroatoms. The van der Waals surface area contributed by atoms with Crippen LogP contribution in [0.5, 0.6) is 0 Å². The summed E-state index contributed by atoms with van der Waals surface area (Å²) in [7, 11) is 0. The summed E-state index contributed by atoms with van der Waals surface area (Å²) in [4.78, 5) is 9.18. The zero-order valence-electron chi connectivity index (χ0n) is 10.6. The number of rotatable bonds is 2. The molecule has 1 fully saturated rings. The van der Waals surface area contributed by atoms with Crippen LogP contribution in [0.25, 0.3) is 11.3 Å². The van der Waals surface area contributed by atoms with Crippen molar-refractivity contribution in [2.24, 2.45) is 0 Å². The van der Waals surface area contributed by atoms with Gasteiger partial charge in [-0.15, -0.1) is 0 Å². The summed E-state index contributed by atoms with van der Waals surface area (Å²) in [5.41, 5.74) is 4.74. The highest BCUT2D eigenvalue weighted by molar-refractivity contribution is 9.10. The smallest absolute Gasteiger partial charge is 0.133 e. The predicted molar refractivity (Wildman–Crippen MR) is 76.6 cm³/mol. The molecule has 0 amide bonds. The fourth-order valence-electron chi connectivity index (χ4n) is 2.23. The first-order valence-corrected chi connectivity index (χ1v) is 7.04. The third kappa shape index (κ3) is 2.46. The maximum atomic E-state index is 4.71. The second-order valence-electron chi connectivity index (χ2n) is 5.08. The van der Waals surface area contributed by atoms with Crippen molar-refractivity contribution in [2.75, 3.05) is 0 Å². The zero-order chi connectivity index (χ0) is 12.7. The van der Waals surface area contributed by atoms with Crippen LogP contribution in [0.1, 0.15) is 35.7 Å². The van der Waals surface area contributed by atoms with E-state index >= 15 is 0 Å². The van der Waals surface area contributed by atoms with Crippen molar-refractivity contribution in [3.05, 3.63) is 45.8 Å². The maximum Gasteiger partial charge on any atom is 0.133 e. The Balaban J connectivity index is 2.09. The van der Waals surface area contributed by atoms with Crippen molar-refractivity contribution in [1.82, 2.24) is 9.97 Å². The third-order valence-electron chi connectivity index (χ3n) is 3.17. The number of hydrogen-bond acceptors (Lipinski definition) is 2. The van der Waals surface area contributed by atoms with E-state index in [1.807, 2.05) is 6.07 Å². The molecule has 1 heterocycles. The molecule has 0 saturated heterocycles. The van der Waals surface area contributed by atoms with Crippen LogP contribution in [-0.2, 0) is 0 Å². The van der Waals surface area contributed by atoms with Gasteiger partial charge < -0.3 is 0 Å². The average Bonchev–Trinajstić information content (AvgIpc) is 3.10. The van der Waals surface area contributed by atoms with E-state index in [1.165, 1.54) is 29.5 Å². The Hall–Kier alpha value is -1.22. The highest BCUT2D eigenvalue weighted by Gasteiger charge is 2.27. The van der Waals surface area contributed by atoms with Gasteiger partial charge >= 0.3 is 0 Å². The summed E-state index contributed by atoms with van der Waals surface area (Å²) in [5.74, 6) is 1.56. The van der Waals surface area contributed by atoms with Gasteiger partial charge in [0.2, 0.25) is 0 Å². The van der Waals surface area contributed by atoms with Crippen LogP contribution in [0.3, 0.4) is 0 Å². The molecule has 0 aliphatic heterocycles. The van der Waals surface area contributed by atoms with Crippen molar-refractivity contribution in [2.45, 2.75) is 32.6 Å². The highest BCUT2D eigenvalue weighted by Crippen LogP contribution is 2.39. The van der Waals surface area contributed by atoms with E-state index in [2.05, 4.69) is 53.0 Å². The topological polar surface area (TPSA) is 25.8 Å². The van der Waals surface area contributed by atoms with Crippen molar-refractivity contribution in [3.8, 4) is 11.3 Å². The highest BCUT2D eigenvalue weighted by atomic mass is 79.9. The van der Waals surface area contributed by atoms with Gasteiger partial charge in [-0.25, -0.2) is 9.97 Å². The number of aromatic nitrogens is 2. The Labute approximate surface area is 116 Å². The second-order valence-corrected chi connectivity index (χ2v) is 5.90. The van der Waals surface area contributed by atoms with Crippen LogP contribution < -0.4 is 0 Å². The molecule has 1 aliphatic carbocycles. The van der Waals surface area contributed by atoms with Gasteiger partial charge in [-0.3, -0.25) is 0 Å². The lowest BCUT2D eigenvalue weighted by molar-refractivity contribution is 0.919. The summed E-state index contributed by atoms with van der Waals surface area (Å²) in [6.45, 7) is 4.24. The lowest BCUT2D eigenvalue weighted by Crippen LogP contribution is -1.96. The van der Waals surface area contributed by atoms with Gasteiger partial charge in [0.15, 0.2) is 0 Å². The Morgan fingerprint density at radius 2 is 1.67 bits per heavy atom. The van der Waals surface area contributed by atoms with E-state index in [-0.39, 0.29) is 0 Å². The zero-order valence-corrected chi connectivity index (χ0v) is 12.2. The predicted octanol–water partition coefficient (Wildman–Crippen LogP) is 4.40. The van der Waals surface area contributed by atoms with E-state index in [0.717, 1.165) is 16.1 Å². The Bertz CT molecular complexity index is 583. The second kappa shape index (κ2) is 4.47. The molecule has 1 aromatic heterocycles. The van der Waals surface area contributed by atoms with E-state index in [0.29, 0.717) is 5.92 Å². The SMILES string of the molecule is Cc1cc(C)cc(-c2cc(Br)nc(C3CC3)n2)c1. The average molecular weight is 303 g/mol. The molecule has 1 aromatic carbocycles. The Morgan fingerprint density at radius 1 is 1.00 bits per heavy atom. The van der Waals surface area contributed by atoms with Crippen LogP contribution >= 0.6 is 15.9 Å². The largest absolute Gasteiger partial charge is 0.233 e. The molecule has 0 atom stereocenters. The molecule has 2 nitrogen and oxygen atoms in total. The van der Waals surface area contributed by atoms with Crippen LogP contribution in [0.15, 0.2) is 28.9 Å². The first-order valence-electron chi connectivity index (χ1n) is 6.25. The van der Waals surface area contributed by atoms with Crippen molar-refractivity contribution >= 4 is 15.9 Å². The van der Waals surface area contributed by atoms with Gasteiger partial charge in [0.25, 0.3) is 0 Å². The van der Waals surface area contributed by atoms with Gasteiger partial charge in [-0.05, 0) is 60.8 Å². The van der Waals surface area contributed by atoms with E-state index < -0.39 is 0 Å². The lowest BCUT2D eigenvalue weighted by Gasteiger charge is -2.07. The number of hydrogen-bond donors (Lipinski definition) is 0. The van der Waals surface area contributed by atoms with Crippen LogP contribution in [0.4, 0.5) is 0 Å². The minimum Gasteiger partial charge on any atom is -0.233 e. The van der Waals surface area contributed by atoms with Gasteiger partial charge in [0.1, 0.15) is 10.4 Å². The maximum absolute atomic E-state index is 4.71. The lowest BCUT2D eigenvalue weighted by atomic mass is 10.0. The summed E-state index contributed by atoms with van der Waals surface area (Å²) < 4.78 is 0.883. The number of halogens is 1. The molecular weight excluding hydrogens is 288 g/mol. The Morgan fingerprint density at radius 3 is 2.28 bits per heavy atom. The van der Waals surface area contributed by atoms with Gasteiger partial charge in [0.05, 0.1) is 5.69 Å². The minimum absolute atomic E-state index is 0.576. The summed E-state index contributed by atoms with van der Waals surface area (Å²) in [5, 5.41) is 0.